The molecule has 0 aromatic heterocycles. The average molecular weight is 203 g/mol. The van der Waals surface area contributed by atoms with Crippen LogP contribution in [0.3, 0.4) is 0 Å². The fourth-order valence-corrected chi connectivity index (χ4v) is 2.25. The Morgan fingerprint density at radius 3 is 2.93 bits per heavy atom. The molecule has 1 aromatic rings. The number of carbonyl (C=O) groups is 1. The summed E-state index contributed by atoms with van der Waals surface area (Å²) < 4.78 is 5.42. The number of hydrogen-bond donors (Lipinski definition) is 1. The SMILES string of the molecule is CC(=O)C1(c2ccc3c(c2)OCN3)CC1. The quantitative estimate of drug-likeness (QED) is 0.799. The molecule has 3 rings (SSSR count). The maximum Gasteiger partial charge on any atom is 0.159 e. The summed E-state index contributed by atoms with van der Waals surface area (Å²) in [6, 6.07) is 6.04. The normalized spacial score (nSPS) is 20.1. The van der Waals surface area contributed by atoms with Crippen LogP contribution in [0.5, 0.6) is 5.75 Å². The molecule has 15 heavy (non-hydrogen) atoms. The molecule has 1 heterocycles. The van der Waals surface area contributed by atoms with Gasteiger partial charge < -0.3 is 10.1 Å². The molecule has 0 unspecified atom stereocenters. The van der Waals surface area contributed by atoms with Crippen LogP contribution in [0.25, 0.3) is 0 Å². The van der Waals surface area contributed by atoms with Crippen LogP contribution in [-0.2, 0) is 10.2 Å². The van der Waals surface area contributed by atoms with E-state index in [1.165, 1.54) is 0 Å². The highest BCUT2D eigenvalue weighted by Gasteiger charge is 2.49. The number of hydrogen-bond acceptors (Lipinski definition) is 3. The molecule has 0 bridgehead atoms. The Bertz CT molecular complexity index is 435. The second-order valence-corrected chi connectivity index (χ2v) is 4.31. The van der Waals surface area contributed by atoms with Gasteiger partial charge in [-0.15, -0.1) is 0 Å². The molecule has 1 aliphatic heterocycles. The van der Waals surface area contributed by atoms with Crippen LogP contribution in [-0.4, -0.2) is 12.5 Å². The minimum absolute atomic E-state index is 0.193. The largest absolute Gasteiger partial charge is 0.471 e. The minimum atomic E-state index is -0.193. The summed E-state index contributed by atoms with van der Waals surface area (Å²) >= 11 is 0. The number of rotatable bonds is 2. The predicted octanol–water partition coefficient (Wildman–Crippen LogP) is 2.07. The molecular weight excluding hydrogens is 190 g/mol. The van der Waals surface area contributed by atoms with Crippen LogP contribution >= 0.6 is 0 Å². The highest BCUT2D eigenvalue weighted by atomic mass is 16.5. The number of nitrogens with one attached hydrogen (secondary N) is 1. The van der Waals surface area contributed by atoms with Gasteiger partial charge in [0.25, 0.3) is 0 Å². The van der Waals surface area contributed by atoms with Crippen LogP contribution in [0, 0.1) is 0 Å². The van der Waals surface area contributed by atoms with Crippen molar-refractivity contribution in [3.63, 3.8) is 0 Å². The summed E-state index contributed by atoms with van der Waals surface area (Å²) in [6.07, 6.45) is 1.96. The van der Waals surface area contributed by atoms with Crippen LogP contribution < -0.4 is 10.1 Å². The molecule has 2 aliphatic rings. The van der Waals surface area contributed by atoms with Gasteiger partial charge in [0.05, 0.1) is 11.1 Å². The summed E-state index contributed by atoms with van der Waals surface area (Å²) in [5, 5.41) is 3.12. The van der Waals surface area contributed by atoms with Crippen molar-refractivity contribution in [2.24, 2.45) is 0 Å². The average Bonchev–Trinajstić information content (AvgIpc) is 2.91. The Morgan fingerprint density at radius 1 is 1.47 bits per heavy atom. The molecule has 0 radical (unpaired) electrons. The van der Waals surface area contributed by atoms with Crippen LogP contribution in [0.2, 0.25) is 0 Å². The topological polar surface area (TPSA) is 38.3 Å². The highest BCUT2D eigenvalue weighted by Crippen LogP contribution is 2.50. The number of ether oxygens (including phenoxy) is 1. The third kappa shape index (κ3) is 1.16. The standard InChI is InChI=1S/C12H13NO2/c1-8(14)12(4-5-12)9-2-3-10-11(6-9)15-7-13-10/h2-3,6,13H,4-5,7H2,1H3. The Balaban J connectivity index is 2.03. The van der Waals surface area contributed by atoms with E-state index in [4.69, 9.17) is 4.74 Å². The molecule has 1 aromatic carbocycles. The lowest BCUT2D eigenvalue weighted by atomic mass is 9.92. The molecule has 0 amide bonds. The first kappa shape index (κ1) is 8.77. The number of carbonyl (C=O) groups excluding carboxylic acids is 1. The van der Waals surface area contributed by atoms with E-state index < -0.39 is 0 Å². The van der Waals surface area contributed by atoms with Gasteiger partial charge in [-0.05, 0) is 37.5 Å². The van der Waals surface area contributed by atoms with Gasteiger partial charge in [-0.1, -0.05) is 6.07 Å². The monoisotopic (exact) mass is 203 g/mol. The molecular formula is C12H13NO2. The summed E-state index contributed by atoms with van der Waals surface area (Å²) in [5.41, 5.74) is 1.94. The van der Waals surface area contributed by atoms with E-state index in [1.54, 1.807) is 6.92 Å². The highest BCUT2D eigenvalue weighted by molar-refractivity contribution is 5.91. The molecule has 0 spiro atoms. The summed E-state index contributed by atoms with van der Waals surface area (Å²) in [4.78, 5) is 11.6. The molecule has 0 atom stereocenters. The molecule has 3 heteroatoms. The lowest BCUT2D eigenvalue weighted by Crippen LogP contribution is -2.16. The van der Waals surface area contributed by atoms with Crippen molar-refractivity contribution < 1.29 is 9.53 Å². The van der Waals surface area contributed by atoms with Gasteiger partial charge >= 0.3 is 0 Å². The zero-order chi connectivity index (χ0) is 10.5. The first-order valence-corrected chi connectivity index (χ1v) is 5.25. The van der Waals surface area contributed by atoms with E-state index in [0.29, 0.717) is 6.73 Å². The van der Waals surface area contributed by atoms with E-state index in [-0.39, 0.29) is 11.2 Å². The second-order valence-electron chi connectivity index (χ2n) is 4.31. The van der Waals surface area contributed by atoms with E-state index in [0.717, 1.165) is 29.8 Å². The van der Waals surface area contributed by atoms with Crippen molar-refractivity contribution in [1.82, 2.24) is 0 Å². The lowest BCUT2D eigenvalue weighted by molar-refractivity contribution is -0.119. The number of ketones is 1. The smallest absolute Gasteiger partial charge is 0.159 e. The van der Waals surface area contributed by atoms with Crippen molar-refractivity contribution in [3.05, 3.63) is 23.8 Å². The van der Waals surface area contributed by atoms with Gasteiger partial charge in [0, 0.05) is 0 Å². The number of fused-ring (bicyclic) bond motifs is 1. The van der Waals surface area contributed by atoms with Gasteiger partial charge in [0.15, 0.2) is 6.73 Å². The fraction of sp³-hybridized carbons (Fsp3) is 0.417. The number of Topliss-reactive ketones (excluding diaryl/α,β-unsaturated/α-hetero) is 1. The molecule has 3 nitrogen and oxygen atoms in total. The number of anilines is 1. The van der Waals surface area contributed by atoms with E-state index in [1.807, 2.05) is 18.2 Å². The van der Waals surface area contributed by atoms with Gasteiger partial charge in [-0.3, -0.25) is 4.79 Å². The van der Waals surface area contributed by atoms with Crippen LogP contribution in [0.1, 0.15) is 25.3 Å². The van der Waals surface area contributed by atoms with Crippen LogP contribution in [0.15, 0.2) is 18.2 Å². The molecule has 78 valence electrons. The Kier molecular flexibility index (Phi) is 1.61. The van der Waals surface area contributed by atoms with Crippen molar-refractivity contribution in [2.75, 3.05) is 12.0 Å². The number of benzene rings is 1. The van der Waals surface area contributed by atoms with Crippen molar-refractivity contribution in [1.29, 1.82) is 0 Å². The van der Waals surface area contributed by atoms with Gasteiger partial charge in [0.1, 0.15) is 11.5 Å². The van der Waals surface area contributed by atoms with Crippen molar-refractivity contribution >= 4 is 11.5 Å². The Morgan fingerprint density at radius 2 is 2.27 bits per heavy atom. The van der Waals surface area contributed by atoms with Gasteiger partial charge in [0.2, 0.25) is 0 Å². The van der Waals surface area contributed by atoms with Crippen molar-refractivity contribution in [2.45, 2.75) is 25.2 Å². The van der Waals surface area contributed by atoms with E-state index >= 15 is 0 Å². The molecule has 0 saturated heterocycles. The molecule has 1 fully saturated rings. The minimum Gasteiger partial charge on any atom is -0.471 e. The molecule has 1 N–H and O–H groups in total. The third-order valence-corrected chi connectivity index (χ3v) is 3.45. The van der Waals surface area contributed by atoms with E-state index in [9.17, 15) is 4.79 Å². The maximum absolute atomic E-state index is 11.6. The van der Waals surface area contributed by atoms with Crippen LogP contribution in [0.4, 0.5) is 5.69 Å². The summed E-state index contributed by atoms with van der Waals surface area (Å²) in [6.45, 7) is 2.21. The Labute approximate surface area is 88.4 Å². The van der Waals surface area contributed by atoms with Gasteiger partial charge in [-0.25, -0.2) is 0 Å². The van der Waals surface area contributed by atoms with Gasteiger partial charge in [-0.2, -0.15) is 0 Å². The first-order chi connectivity index (χ1) is 7.22. The maximum atomic E-state index is 11.6. The zero-order valence-corrected chi connectivity index (χ0v) is 8.67. The van der Waals surface area contributed by atoms with Crippen molar-refractivity contribution in [3.8, 4) is 5.75 Å². The predicted molar refractivity (Wildman–Crippen MR) is 57.2 cm³/mol. The molecule has 1 saturated carbocycles. The summed E-state index contributed by atoms with van der Waals surface area (Å²) in [5.74, 6) is 1.15. The second kappa shape index (κ2) is 2.75. The first-order valence-electron chi connectivity index (χ1n) is 5.25. The zero-order valence-electron chi connectivity index (χ0n) is 8.67. The third-order valence-electron chi connectivity index (χ3n) is 3.45. The lowest BCUT2D eigenvalue weighted by Gasteiger charge is -2.12. The Hall–Kier alpha value is -1.51. The van der Waals surface area contributed by atoms with E-state index in [2.05, 4.69) is 5.32 Å². The summed E-state index contributed by atoms with van der Waals surface area (Å²) in [7, 11) is 0. The fourth-order valence-electron chi connectivity index (χ4n) is 2.25. The molecule has 1 aliphatic carbocycles.